The van der Waals surface area contributed by atoms with E-state index in [-0.39, 0.29) is 0 Å². The fourth-order valence-corrected chi connectivity index (χ4v) is 18.1. The number of nitrogens with zero attached hydrogens (tertiary/aromatic N) is 9. The van der Waals surface area contributed by atoms with Crippen LogP contribution in [0.2, 0.25) is 0 Å². The second-order valence-corrected chi connectivity index (χ2v) is 16.9. The molecule has 0 spiro atoms. The Morgan fingerprint density at radius 1 is 0.542 bits per heavy atom. The molecule has 140 valence electrons. The minimum atomic E-state index is -2.16. The average Bonchev–Trinajstić information content (AvgIpc) is 3.38. The van der Waals surface area contributed by atoms with Crippen molar-refractivity contribution in [3.8, 4) is 0 Å². The number of hydrogen-bond donors (Lipinski definition) is 0. The summed E-state index contributed by atoms with van der Waals surface area (Å²) in [5.41, 5.74) is 0. The second kappa shape index (κ2) is 6.26. The van der Waals surface area contributed by atoms with E-state index in [9.17, 15) is 0 Å². The van der Waals surface area contributed by atoms with E-state index in [0.717, 1.165) is 26.2 Å². The molecule has 0 aromatic carbocycles. The first-order valence-electron chi connectivity index (χ1n) is 8.24. The molecule has 9 nitrogen and oxygen atoms in total. The van der Waals surface area contributed by atoms with Gasteiger partial charge in [0.1, 0.15) is 0 Å². The second-order valence-electron chi connectivity index (χ2n) is 7.17. The first kappa shape index (κ1) is 19.2. The lowest BCUT2D eigenvalue weighted by atomic mass is 11.0. The highest BCUT2D eigenvalue weighted by atomic mass is 31.3. The highest BCUT2D eigenvalue weighted by Crippen LogP contribution is 2.83. The average molecular weight is 395 g/mol. The van der Waals surface area contributed by atoms with Crippen LogP contribution in [-0.2, 0) is 0 Å². The summed E-state index contributed by atoms with van der Waals surface area (Å²) < 4.78 is 30.4. The summed E-state index contributed by atoms with van der Waals surface area (Å²) in [5, 5.41) is 0. The summed E-state index contributed by atoms with van der Waals surface area (Å²) in [6, 6.07) is 0. The molecular formula is C12H32N9P3. The fraction of sp³-hybridized carbons (Fsp3) is 1.00. The third kappa shape index (κ3) is 2.83. The van der Waals surface area contributed by atoms with Crippen molar-refractivity contribution in [2.24, 2.45) is 13.5 Å². The maximum atomic E-state index is 5.49. The van der Waals surface area contributed by atoms with Crippen LogP contribution in [0.3, 0.4) is 0 Å². The Bertz CT molecular complexity index is 548. The van der Waals surface area contributed by atoms with Crippen molar-refractivity contribution in [1.82, 2.24) is 28.0 Å². The zero-order valence-electron chi connectivity index (χ0n) is 16.2. The largest absolute Gasteiger partial charge is 0.246 e. The van der Waals surface area contributed by atoms with Crippen molar-refractivity contribution >= 4 is 22.5 Å². The Labute approximate surface area is 147 Å². The monoisotopic (exact) mass is 395 g/mol. The van der Waals surface area contributed by atoms with E-state index >= 15 is 0 Å². The Morgan fingerprint density at radius 2 is 0.917 bits per heavy atom. The lowest BCUT2D eigenvalue weighted by Gasteiger charge is -2.44. The molecule has 0 radical (unpaired) electrons. The predicted molar refractivity (Wildman–Crippen MR) is 106 cm³/mol. The van der Waals surface area contributed by atoms with Crippen molar-refractivity contribution in [3.63, 3.8) is 0 Å². The summed E-state index contributed by atoms with van der Waals surface area (Å²) in [4.78, 5) is 0. The molecule has 3 aliphatic rings. The quantitative estimate of drug-likeness (QED) is 0.509. The van der Waals surface area contributed by atoms with Gasteiger partial charge in [-0.15, -0.1) is 0 Å². The van der Waals surface area contributed by atoms with Gasteiger partial charge in [0, 0.05) is 26.2 Å². The van der Waals surface area contributed by atoms with Gasteiger partial charge in [-0.3, -0.25) is 0 Å². The van der Waals surface area contributed by atoms with Crippen LogP contribution in [0.1, 0.15) is 0 Å². The molecule has 0 saturated carbocycles. The summed E-state index contributed by atoms with van der Waals surface area (Å²) in [5.74, 6) is 0. The van der Waals surface area contributed by atoms with Crippen LogP contribution in [0, 0.1) is 0 Å². The molecule has 12 heteroatoms. The Hall–Kier alpha value is 0.450. The van der Waals surface area contributed by atoms with Crippen LogP contribution in [0.5, 0.6) is 0 Å². The molecule has 24 heavy (non-hydrogen) atoms. The molecule has 0 bridgehead atoms. The van der Waals surface area contributed by atoms with Gasteiger partial charge >= 0.3 is 0 Å². The van der Waals surface area contributed by atoms with Crippen molar-refractivity contribution in [2.45, 2.75) is 0 Å². The van der Waals surface area contributed by atoms with Gasteiger partial charge in [-0.05, 0) is 56.4 Å². The number of hydrogen-bond acceptors (Lipinski definition) is 9. The van der Waals surface area contributed by atoms with Crippen LogP contribution in [0.25, 0.3) is 0 Å². The molecule has 2 atom stereocenters. The van der Waals surface area contributed by atoms with Crippen LogP contribution in [-0.4, -0.2) is 111 Å². The summed E-state index contributed by atoms with van der Waals surface area (Å²) in [6.07, 6.45) is 0. The van der Waals surface area contributed by atoms with Gasteiger partial charge in [0.25, 0.3) is 0 Å². The normalized spacial score (nSPS) is 36.0. The van der Waals surface area contributed by atoms with E-state index in [1.54, 1.807) is 0 Å². The minimum Gasteiger partial charge on any atom is -0.246 e. The third-order valence-electron chi connectivity index (χ3n) is 4.47. The SMILES string of the molecule is CN(C)P1(N(C)C)=N[P@@](N(C)C)(N2CC2)=N[P@](N(C)C)(N2CC2)=N1. The van der Waals surface area contributed by atoms with Crippen molar-refractivity contribution < 1.29 is 0 Å². The van der Waals surface area contributed by atoms with Crippen LogP contribution in [0.4, 0.5) is 0 Å². The van der Waals surface area contributed by atoms with E-state index in [1.807, 2.05) is 0 Å². The van der Waals surface area contributed by atoms with Gasteiger partial charge in [-0.25, -0.2) is 28.0 Å². The van der Waals surface area contributed by atoms with Gasteiger partial charge in [0.15, 0.2) is 0 Å². The van der Waals surface area contributed by atoms with E-state index in [2.05, 4.69) is 84.4 Å². The van der Waals surface area contributed by atoms with Gasteiger partial charge in [0.05, 0.1) is 0 Å². The molecule has 0 N–H and O–H groups in total. The summed E-state index contributed by atoms with van der Waals surface area (Å²) >= 11 is 0. The van der Waals surface area contributed by atoms with Gasteiger partial charge < -0.3 is 0 Å². The molecule has 0 aliphatic carbocycles. The molecule has 2 fully saturated rings. The molecule has 3 rings (SSSR count). The third-order valence-corrected chi connectivity index (χ3v) is 16.8. The molecule has 0 aromatic heterocycles. The van der Waals surface area contributed by atoms with E-state index in [4.69, 9.17) is 13.5 Å². The van der Waals surface area contributed by atoms with E-state index < -0.39 is 22.5 Å². The zero-order valence-corrected chi connectivity index (χ0v) is 18.9. The molecule has 0 aromatic rings. The van der Waals surface area contributed by atoms with E-state index in [0.29, 0.717) is 0 Å². The molecule has 0 amide bonds. The Kier molecular flexibility index (Phi) is 5.01. The fourth-order valence-electron chi connectivity index (χ4n) is 2.89. The first-order chi connectivity index (χ1) is 11.1. The standard InChI is InChI=1S/C12H32N9P3/c1-16(2)22(17(3)4)13-23(18(5)6,20-9-10-20)15-24(14-22,19(7)8)21-11-12-21/h9-12H2,1-8H3/t23-,24-/m1/s1. The molecule has 2 saturated heterocycles. The van der Waals surface area contributed by atoms with Gasteiger partial charge in [0.2, 0.25) is 22.5 Å². The van der Waals surface area contributed by atoms with E-state index in [1.165, 1.54) is 0 Å². The lowest BCUT2D eigenvalue weighted by Crippen LogP contribution is -2.25. The predicted octanol–water partition coefficient (Wildman–Crippen LogP) is 2.72. The van der Waals surface area contributed by atoms with Crippen molar-refractivity contribution in [3.05, 3.63) is 0 Å². The minimum absolute atomic E-state index is 1.09. The molecule has 0 unspecified atom stereocenters. The Balaban J connectivity index is 2.40. The van der Waals surface area contributed by atoms with Crippen molar-refractivity contribution in [2.75, 3.05) is 82.6 Å². The van der Waals surface area contributed by atoms with Crippen LogP contribution in [0.15, 0.2) is 13.5 Å². The van der Waals surface area contributed by atoms with Crippen LogP contribution >= 0.6 is 22.5 Å². The highest BCUT2D eigenvalue weighted by molar-refractivity contribution is 7.83. The molecule has 3 heterocycles. The maximum Gasteiger partial charge on any atom is 0.220 e. The van der Waals surface area contributed by atoms with Gasteiger partial charge in [-0.1, -0.05) is 0 Å². The Morgan fingerprint density at radius 3 is 1.21 bits per heavy atom. The first-order valence-corrected chi connectivity index (χ1v) is 13.0. The highest BCUT2D eigenvalue weighted by Gasteiger charge is 2.51. The molecule has 3 aliphatic heterocycles. The number of rotatable bonds is 6. The maximum absolute atomic E-state index is 5.49. The van der Waals surface area contributed by atoms with Crippen molar-refractivity contribution in [1.29, 1.82) is 0 Å². The lowest BCUT2D eigenvalue weighted by molar-refractivity contribution is 0.553. The van der Waals surface area contributed by atoms with Gasteiger partial charge in [-0.2, -0.15) is 13.5 Å². The zero-order chi connectivity index (χ0) is 17.9. The topological polar surface area (TPSA) is 56.1 Å². The van der Waals surface area contributed by atoms with Crippen LogP contribution < -0.4 is 0 Å². The molecular weight excluding hydrogens is 363 g/mol. The summed E-state index contributed by atoms with van der Waals surface area (Å²) in [7, 11) is 10.7. The smallest absolute Gasteiger partial charge is 0.220 e. The summed E-state index contributed by atoms with van der Waals surface area (Å²) in [6.45, 7) is 4.36.